The monoisotopic (exact) mass is 287 g/mol. The molecule has 1 aromatic heterocycles. The molecule has 2 nitrogen and oxygen atoms in total. The van der Waals surface area contributed by atoms with Crippen LogP contribution >= 0.6 is 34.8 Å². The molecule has 0 radical (unpaired) electrons. The fourth-order valence-corrected chi connectivity index (χ4v) is 1.89. The fourth-order valence-electron chi connectivity index (χ4n) is 1.33. The van der Waals surface area contributed by atoms with E-state index in [0.29, 0.717) is 27.4 Å². The lowest BCUT2D eigenvalue weighted by atomic mass is 10.2. The number of halogens is 3. The molecule has 0 fully saturated rings. The van der Waals surface area contributed by atoms with Crippen LogP contribution in [0.1, 0.15) is 5.56 Å². The summed E-state index contributed by atoms with van der Waals surface area (Å²) in [4.78, 5) is 3.94. The van der Waals surface area contributed by atoms with Crippen molar-refractivity contribution < 1.29 is 4.74 Å². The van der Waals surface area contributed by atoms with Gasteiger partial charge in [-0.15, -0.1) is 11.6 Å². The van der Waals surface area contributed by atoms with Gasteiger partial charge in [-0.3, -0.25) is 4.98 Å². The van der Waals surface area contributed by atoms with Crippen molar-refractivity contribution in [3.05, 3.63) is 52.3 Å². The van der Waals surface area contributed by atoms with Crippen molar-refractivity contribution in [2.24, 2.45) is 0 Å². The van der Waals surface area contributed by atoms with Crippen molar-refractivity contribution in [2.45, 2.75) is 5.88 Å². The molecular formula is C12H8Cl3NO. The Morgan fingerprint density at radius 1 is 1.06 bits per heavy atom. The lowest BCUT2D eigenvalue weighted by Gasteiger charge is -2.09. The van der Waals surface area contributed by atoms with Crippen LogP contribution in [0, 0.1) is 0 Å². The lowest BCUT2D eigenvalue weighted by molar-refractivity contribution is 0.476. The highest BCUT2D eigenvalue weighted by Gasteiger charge is 2.05. The zero-order valence-corrected chi connectivity index (χ0v) is 10.9. The summed E-state index contributed by atoms with van der Waals surface area (Å²) in [5.74, 6) is 1.53. The molecule has 1 aromatic carbocycles. The van der Waals surface area contributed by atoms with Crippen molar-refractivity contribution in [3.8, 4) is 11.5 Å². The Kier molecular flexibility index (Phi) is 4.11. The van der Waals surface area contributed by atoms with E-state index in [4.69, 9.17) is 39.5 Å². The Labute approximate surface area is 114 Å². The number of alkyl halides is 1. The molecule has 88 valence electrons. The molecule has 0 amide bonds. The average molecular weight is 289 g/mol. The summed E-state index contributed by atoms with van der Waals surface area (Å²) in [6.07, 6.45) is 3.12. The number of hydrogen-bond acceptors (Lipinski definition) is 2. The summed E-state index contributed by atoms with van der Waals surface area (Å²) in [6, 6.07) is 6.95. The van der Waals surface area contributed by atoms with E-state index in [1.54, 1.807) is 36.7 Å². The van der Waals surface area contributed by atoms with Crippen molar-refractivity contribution in [2.75, 3.05) is 0 Å². The molecule has 0 aliphatic carbocycles. The highest BCUT2D eigenvalue weighted by atomic mass is 35.5. The summed E-state index contributed by atoms with van der Waals surface area (Å²) in [5.41, 5.74) is 0.819. The maximum atomic E-state index is 5.88. The molecule has 0 bridgehead atoms. The zero-order chi connectivity index (χ0) is 12.3. The van der Waals surface area contributed by atoms with Gasteiger partial charge in [0.1, 0.15) is 11.5 Å². The number of nitrogens with zero attached hydrogens (tertiary/aromatic N) is 1. The minimum Gasteiger partial charge on any atom is -0.455 e. The van der Waals surface area contributed by atoms with E-state index in [1.165, 1.54) is 0 Å². The van der Waals surface area contributed by atoms with Gasteiger partial charge in [0.15, 0.2) is 0 Å². The Balaban J connectivity index is 2.29. The van der Waals surface area contributed by atoms with Crippen LogP contribution < -0.4 is 4.74 Å². The molecule has 0 atom stereocenters. The summed E-state index contributed by atoms with van der Waals surface area (Å²) < 4.78 is 5.65. The van der Waals surface area contributed by atoms with Gasteiger partial charge in [-0.2, -0.15) is 0 Å². The molecule has 5 heteroatoms. The third kappa shape index (κ3) is 3.25. The molecular weight excluding hydrogens is 280 g/mol. The number of aromatic nitrogens is 1. The van der Waals surface area contributed by atoms with Gasteiger partial charge in [0.25, 0.3) is 0 Å². The van der Waals surface area contributed by atoms with Gasteiger partial charge in [-0.1, -0.05) is 23.2 Å². The van der Waals surface area contributed by atoms with E-state index in [2.05, 4.69) is 4.98 Å². The van der Waals surface area contributed by atoms with Gasteiger partial charge in [0, 0.05) is 22.8 Å². The largest absolute Gasteiger partial charge is 0.455 e. The number of ether oxygens (including phenoxy) is 1. The van der Waals surface area contributed by atoms with Gasteiger partial charge >= 0.3 is 0 Å². The fraction of sp³-hybridized carbons (Fsp3) is 0.0833. The molecule has 0 N–H and O–H groups in total. The predicted octanol–water partition coefficient (Wildman–Crippen LogP) is 4.92. The molecule has 1 heterocycles. The van der Waals surface area contributed by atoms with Gasteiger partial charge in [0.05, 0.1) is 17.1 Å². The first-order chi connectivity index (χ1) is 8.19. The minimum absolute atomic E-state index is 0.323. The molecule has 0 spiro atoms. The predicted molar refractivity (Wildman–Crippen MR) is 70.3 cm³/mol. The molecule has 0 saturated carbocycles. The minimum atomic E-state index is 0.323. The van der Waals surface area contributed by atoms with E-state index < -0.39 is 0 Å². The average Bonchev–Trinajstić information content (AvgIpc) is 2.31. The van der Waals surface area contributed by atoms with E-state index >= 15 is 0 Å². The summed E-state index contributed by atoms with van der Waals surface area (Å²) in [5, 5.41) is 1.14. The van der Waals surface area contributed by atoms with Crippen LogP contribution in [0.2, 0.25) is 10.0 Å². The first-order valence-electron chi connectivity index (χ1n) is 4.82. The second-order valence-electron chi connectivity index (χ2n) is 3.33. The number of benzene rings is 1. The van der Waals surface area contributed by atoms with Crippen LogP contribution in [-0.2, 0) is 5.88 Å². The highest BCUT2D eigenvalue weighted by molar-refractivity contribution is 6.31. The molecule has 0 aliphatic heterocycles. The Bertz CT molecular complexity index is 531. The first-order valence-corrected chi connectivity index (χ1v) is 6.11. The van der Waals surface area contributed by atoms with Crippen molar-refractivity contribution in [1.29, 1.82) is 0 Å². The molecule has 2 rings (SSSR count). The van der Waals surface area contributed by atoms with E-state index in [0.717, 1.165) is 5.56 Å². The second-order valence-corrected chi connectivity index (χ2v) is 4.47. The topological polar surface area (TPSA) is 22.1 Å². The van der Waals surface area contributed by atoms with Crippen LogP contribution in [0.25, 0.3) is 0 Å². The maximum Gasteiger partial charge on any atom is 0.147 e. The molecule has 17 heavy (non-hydrogen) atoms. The van der Waals surface area contributed by atoms with Crippen molar-refractivity contribution >= 4 is 34.8 Å². The van der Waals surface area contributed by atoms with Gasteiger partial charge in [0.2, 0.25) is 0 Å². The Morgan fingerprint density at radius 3 is 2.59 bits per heavy atom. The SMILES string of the molecule is ClCc1cc(Cl)ccc1Oc1cncc(Cl)c1. The number of pyridine rings is 1. The van der Waals surface area contributed by atoms with Crippen LogP contribution in [0.4, 0.5) is 0 Å². The number of hydrogen-bond donors (Lipinski definition) is 0. The maximum absolute atomic E-state index is 5.88. The van der Waals surface area contributed by atoms with E-state index in [1.807, 2.05) is 0 Å². The van der Waals surface area contributed by atoms with Crippen molar-refractivity contribution in [1.82, 2.24) is 4.98 Å². The Morgan fingerprint density at radius 2 is 1.88 bits per heavy atom. The second kappa shape index (κ2) is 5.58. The number of rotatable bonds is 3. The van der Waals surface area contributed by atoms with E-state index in [9.17, 15) is 0 Å². The van der Waals surface area contributed by atoms with Crippen LogP contribution in [0.5, 0.6) is 11.5 Å². The lowest BCUT2D eigenvalue weighted by Crippen LogP contribution is -1.90. The summed E-state index contributed by atoms with van der Waals surface area (Å²) in [7, 11) is 0. The molecule has 0 unspecified atom stereocenters. The van der Waals surface area contributed by atoms with E-state index in [-0.39, 0.29) is 0 Å². The third-order valence-corrected chi connectivity index (χ3v) is 2.80. The zero-order valence-electron chi connectivity index (χ0n) is 8.66. The normalized spacial score (nSPS) is 10.3. The smallest absolute Gasteiger partial charge is 0.147 e. The van der Waals surface area contributed by atoms with Crippen LogP contribution in [-0.4, -0.2) is 4.98 Å². The first kappa shape index (κ1) is 12.5. The van der Waals surface area contributed by atoms with Crippen LogP contribution in [0.15, 0.2) is 36.7 Å². The molecule has 0 saturated heterocycles. The molecule has 2 aromatic rings. The van der Waals surface area contributed by atoms with Crippen molar-refractivity contribution in [3.63, 3.8) is 0 Å². The van der Waals surface area contributed by atoms with Gasteiger partial charge < -0.3 is 4.74 Å². The standard InChI is InChI=1S/C12H8Cl3NO/c13-5-8-3-9(14)1-2-12(8)17-11-4-10(15)6-16-7-11/h1-4,6-7H,5H2. The van der Waals surface area contributed by atoms with Gasteiger partial charge in [-0.05, 0) is 18.2 Å². The third-order valence-electron chi connectivity index (χ3n) is 2.07. The van der Waals surface area contributed by atoms with Gasteiger partial charge in [-0.25, -0.2) is 0 Å². The summed E-state index contributed by atoms with van der Waals surface area (Å²) in [6.45, 7) is 0. The summed E-state index contributed by atoms with van der Waals surface area (Å²) >= 11 is 17.5. The quantitative estimate of drug-likeness (QED) is 0.748. The van der Waals surface area contributed by atoms with Crippen LogP contribution in [0.3, 0.4) is 0 Å². The Hall–Kier alpha value is -0.960. The molecule has 0 aliphatic rings. The highest BCUT2D eigenvalue weighted by Crippen LogP contribution is 2.29.